The van der Waals surface area contributed by atoms with E-state index in [0.29, 0.717) is 48.8 Å². The Morgan fingerprint density at radius 1 is 0.963 bits per heavy atom. The molecule has 0 bridgehead atoms. The van der Waals surface area contributed by atoms with Gasteiger partial charge < -0.3 is 19.3 Å². The number of methoxy groups -OCH3 is 2. The summed E-state index contributed by atoms with van der Waals surface area (Å²) in [6, 6.07) is 8.40. The molecule has 1 fully saturated rings. The van der Waals surface area contributed by atoms with Crippen LogP contribution in [0.4, 0.5) is 0 Å². The van der Waals surface area contributed by atoms with Crippen molar-refractivity contribution >= 4 is 23.4 Å². The summed E-state index contributed by atoms with van der Waals surface area (Å²) in [6.07, 6.45) is 1.54. The minimum Gasteiger partial charge on any atom is -0.497 e. The minimum atomic E-state index is -0.178. The molecule has 3 rings (SSSR count). The van der Waals surface area contributed by atoms with Crippen molar-refractivity contribution in [2.75, 3.05) is 40.4 Å². The number of carbonyl (C=O) groups excluding carboxylic acids is 2. The van der Waals surface area contributed by atoms with Crippen LogP contribution in [-0.2, 0) is 0 Å². The monoisotopic (exact) mass is 389 g/mol. The van der Waals surface area contributed by atoms with Crippen molar-refractivity contribution in [3.8, 4) is 11.5 Å². The molecule has 0 saturated carbocycles. The van der Waals surface area contributed by atoms with Crippen LogP contribution in [0.1, 0.15) is 20.7 Å². The summed E-state index contributed by atoms with van der Waals surface area (Å²) in [4.78, 5) is 32.7. The van der Waals surface area contributed by atoms with Crippen molar-refractivity contribution in [3.05, 3.63) is 52.8 Å². The van der Waals surface area contributed by atoms with Crippen molar-refractivity contribution in [2.24, 2.45) is 0 Å². The molecule has 2 aromatic rings. The standard InChI is InChI=1S/C19H20ClN3O4/c1-26-14-10-13(11-15(12-14)27-2)18(24)22-6-8-23(9-7-22)19(25)16-4-3-5-21-17(16)20/h3-5,10-12H,6-9H2,1-2H3. The maximum absolute atomic E-state index is 12.8. The molecule has 1 saturated heterocycles. The van der Waals surface area contributed by atoms with Crippen LogP contribution in [0.3, 0.4) is 0 Å². The van der Waals surface area contributed by atoms with Crippen molar-refractivity contribution in [2.45, 2.75) is 0 Å². The lowest BCUT2D eigenvalue weighted by Crippen LogP contribution is -2.50. The number of carbonyl (C=O) groups is 2. The molecule has 1 aliphatic heterocycles. The maximum atomic E-state index is 12.8. The summed E-state index contributed by atoms with van der Waals surface area (Å²) >= 11 is 6.01. The van der Waals surface area contributed by atoms with E-state index >= 15 is 0 Å². The molecule has 142 valence electrons. The Labute approximate surface area is 162 Å². The molecule has 1 aliphatic rings. The molecule has 0 aliphatic carbocycles. The fourth-order valence-electron chi connectivity index (χ4n) is 2.94. The van der Waals surface area contributed by atoms with Crippen molar-refractivity contribution in [1.82, 2.24) is 14.8 Å². The molecule has 0 N–H and O–H groups in total. The molecule has 2 heterocycles. The molecule has 0 radical (unpaired) electrons. The van der Waals surface area contributed by atoms with E-state index in [9.17, 15) is 9.59 Å². The van der Waals surface area contributed by atoms with E-state index in [1.165, 1.54) is 20.4 Å². The van der Waals surface area contributed by atoms with Gasteiger partial charge in [-0.05, 0) is 24.3 Å². The van der Waals surface area contributed by atoms with Gasteiger partial charge in [0.1, 0.15) is 16.7 Å². The summed E-state index contributed by atoms with van der Waals surface area (Å²) in [6.45, 7) is 1.72. The number of nitrogens with zero attached hydrogens (tertiary/aromatic N) is 3. The van der Waals surface area contributed by atoms with E-state index in [0.717, 1.165) is 0 Å². The van der Waals surface area contributed by atoms with Crippen LogP contribution in [0.25, 0.3) is 0 Å². The number of rotatable bonds is 4. The van der Waals surface area contributed by atoms with Crippen LogP contribution in [0.15, 0.2) is 36.5 Å². The number of hydrogen-bond donors (Lipinski definition) is 0. The molecule has 1 aromatic heterocycles. The summed E-state index contributed by atoms with van der Waals surface area (Å²) in [5.41, 5.74) is 0.859. The molecule has 8 heteroatoms. The smallest absolute Gasteiger partial charge is 0.257 e. The summed E-state index contributed by atoms with van der Waals surface area (Å²) in [5.74, 6) is 0.803. The molecule has 0 spiro atoms. The fraction of sp³-hybridized carbons (Fsp3) is 0.316. The highest BCUT2D eigenvalue weighted by atomic mass is 35.5. The molecule has 0 unspecified atom stereocenters. The maximum Gasteiger partial charge on any atom is 0.257 e. The predicted octanol–water partition coefficient (Wildman–Crippen LogP) is 2.35. The first kappa shape index (κ1) is 19.0. The van der Waals surface area contributed by atoms with Gasteiger partial charge >= 0.3 is 0 Å². The van der Waals surface area contributed by atoms with Gasteiger partial charge in [-0.1, -0.05) is 11.6 Å². The van der Waals surface area contributed by atoms with Crippen LogP contribution in [0.5, 0.6) is 11.5 Å². The second kappa shape index (κ2) is 8.26. The normalized spacial score (nSPS) is 14.0. The lowest BCUT2D eigenvalue weighted by molar-refractivity contribution is 0.0535. The molecule has 27 heavy (non-hydrogen) atoms. The second-order valence-electron chi connectivity index (χ2n) is 6.03. The van der Waals surface area contributed by atoms with E-state index in [2.05, 4.69) is 4.98 Å². The Kier molecular flexibility index (Phi) is 5.81. The van der Waals surface area contributed by atoms with Crippen molar-refractivity contribution in [3.63, 3.8) is 0 Å². The zero-order valence-electron chi connectivity index (χ0n) is 15.1. The van der Waals surface area contributed by atoms with E-state index in [1.54, 1.807) is 40.1 Å². The topological polar surface area (TPSA) is 72.0 Å². The number of halogens is 1. The number of piperazine rings is 1. The van der Waals surface area contributed by atoms with Gasteiger partial charge in [-0.2, -0.15) is 0 Å². The number of ether oxygens (including phenoxy) is 2. The first-order valence-electron chi connectivity index (χ1n) is 8.45. The third kappa shape index (κ3) is 4.14. The first-order chi connectivity index (χ1) is 13.0. The molecular weight excluding hydrogens is 370 g/mol. The summed E-state index contributed by atoms with van der Waals surface area (Å²) < 4.78 is 10.4. The molecule has 2 amide bonds. The number of amides is 2. The van der Waals surface area contributed by atoms with E-state index in [4.69, 9.17) is 21.1 Å². The van der Waals surface area contributed by atoms with Gasteiger partial charge in [-0.25, -0.2) is 4.98 Å². The number of hydrogen-bond acceptors (Lipinski definition) is 5. The third-order valence-corrected chi connectivity index (χ3v) is 4.74. The van der Waals surface area contributed by atoms with Gasteiger partial charge in [0.05, 0.1) is 19.8 Å². The zero-order valence-corrected chi connectivity index (χ0v) is 15.9. The summed E-state index contributed by atoms with van der Waals surface area (Å²) in [5, 5.41) is 0.185. The zero-order chi connectivity index (χ0) is 19.4. The molecule has 7 nitrogen and oxygen atoms in total. The van der Waals surface area contributed by atoms with Crippen LogP contribution in [0, 0.1) is 0 Å². The predicted molar refractivity (Wildman–Crippen MR) is 101 cm³/mol. The minimum absolute atomic E-state index is 0.126. The molecule has 0 atom stereocenters. The van der Waals surface area contributed by atoms with Gasteiger partial charge in [-0.15, -0.1) is 0 Å². The molecular formula is C19H20ClN3O4. The SMILES string of the molecule is COc1cc(OC)cc(C(=O)N2CCN(C(=O)c3cccnc3Cl)CC2)c1. The number of aromatic nitrogens is 1. The second-order valence-corrected chi connectivity index (χ2v) is 6.39. The van der Waals surface area contributed by atoms with Gasteiger partial charge in [0, 0.05) is 44.0 Å². The lowest BCUT2D eigenvalue weighted by atomic mass is 10.1. The highest BCUT2D eigenvalue weighted by Gasteiger charge is 2.27. The fourth-order valence-corrected chi connectivity index (χ4v) is 3.14. The quantitative estimate of drug-likeness (QED) is 0.750. The third-order valence-electron chi connectivity index (χ3n) is 4.44. The molecule has 1 aromatic carbocycles. The average molecular weight is 390 g/mol. The number of benzene rings is 1. The highest BCUT2D eigenvalue weighted by molar-refractivity contribution is 6.32. The Balaban J connectivity index is 1.68. The van der Waals surface area contributed by atoms with Crippen LogP contribution in [-0.4, -0.2) is 67.0 Å². The van der Waals surface area contributed by atoms with Crippen molar-refractivity contribution in [1.29, 1.82) is 0 Å². The Morgan fingerprint density at radius 2 is 1.52 bits per heavy atom. The Bertz CT molecular complexity index is 828. The van der Waals surface area contributed by atoms with Crippen LogP contribution in [0.2, 0.25) is 5.15 Å². The average Bonchev–Trinajstić information content (AvgIpc) is 2.72. The van der Waals surface area contributed by atoms with Gasteiger partial charge in [0.15, 0.2) is 0 Å². The van der Waals surface area contributed by atoms with Crippen LogP contribution >= 0.6 is 11.6 Å². The Morgan fingerprint density at radius 3 is 2.04 bits per heavy atom. The van der Waals surface area contributed by atoms with Gasteiger partial charge in [0.25, 0.3) is 11.8 Å². The van der Waals surface area contributed by atoms with E-state index in [-0.39, 0.29) is 17.0 Å². The van der Waals surface area contributed by atoms with Crippen molar-refractivity contribution < 1.29 is 19.1 Å². The lowest BCUT2D eigenvalue weighted by Gasteiger charge is -2.35. The van der Waals surface area contributed by atoms with Gasteiger partial charge in [0.2, 0.25) is 0 Å². The largest absolute Gasteiger partial charge is 0.497 e. The highest BCUT2D eigenvalue weighted by Crippen LogP contribution is 2.24. The summed E-state index contributed by atoms with van der Waals surface area (Å²) in [7, 11) is 3.08. The Hall–Kier alpha value is -2.80. The first-order valence-corrected chi connectivity index (χ1v) is 8.83. The van der Waals surface area contributed by atoms with E-state index in [1.807, 2.05) is 0 Å². The van der Waals surface area contributed by atoms with E-state index < -0.39 is 0 Å². The van der Waals surface area contributed by atoms with Crippen LogP contribution < -0.4 is 9.47 Å². The van der Waals surface area contributed by atoms with Gasteiger partial charge in [-0.3, -0.25) is 9.59 Å². The number of pyridine rings is 1.